The molecule has 1 saturated heterocycles. The molecule has 2 fully saturated rings. The summed E-state index contributed by atoms with van der Waals surface area (Å²) in [6.45, 7) is 2.21. The predicted molar refractivity (Wildman–Crippen MR) is 55.4 cm³/mol. The highest BCUT2D eigenvalue weighted by atomic mass is 16.5. The number of carbonyl (C=O) groups is 1. The largest absolute Gasteiger partial charge is 0.512 e. The van der Waals surface area contributed by atoms with Gasteiger partial charge in [-0.25, -0.2) is 0 Å². The maximum Gasteiger partial charge on any atom is 0.313 e. The molecule has 2 aliphatic carbocycles. The fourth-order valence-electron chi connectivity index (χ4n) is 2.77. The van der Waals surface area contributed by atoms with E-state index in [0.717, 1.165) is 5.76 Å². The summed E-state index contributed by atoms with van der Waals surface area (Å²) in [6.07, 6.45) is 4.03. The molecule has 16 heavy (non-hydrogen) atoms. The van der Waals surface area contributed by atoms with Gasteiger partial charge in [-0.05, 0) is 19.1 Å². The number of aliphatic hydroxyl groups excluding tert-OH is 1. The minimum absolute atomic E-state index is 0.0189. The number of hydrogen-bond acceptors (Lipinski definition) is 4. The van der Waals surface area contributed by atoms with Gasteiger partial charge in [-0.15, -0.1) is 0 Å². The summed E-state index contributed by atoms with van der Waals surface area (Å²) in [7, 11) is 0. The molecule has 0 aromatic carbocycles. The Morgan fingerprint density at radius 2 is 2.44 bits per heavy atom. The van der Waals surface area contributed by atoms with Gasteiger partial charge in [-0.3, -0.25) is 4.79 Å². The first-order chi connectivity index (χ1) is 7.72. The highest BCUT2D eigenvalue weighted by Gasteiger charge is 2.67. The van der Waals surface area contributed by atoms with Gasteiger partial charge in [0.1, 0.15) is 17.8 Å². The molecule has 4 heteroatoms. The third kappa shape index (κ3) is 1.25. The van der Waals surface area contributed by atoms with Gasteiger partial charge in [0.15, 0.2) is 0 Å². The third-order valence-corrected chi connectivity index (χ3v) is 3.54. The summed E-state index contributed by atoms with van der Waals surface area (Å²) < 4.78 is 10.7. The molecule has 1 N–H and O–H groups in total. The molecular formula is C12H14O4. The van der Waals surface area contributed by atoms with Crippen LogP contribution in [0, 0.1) is 17.8 Å². The summed E-state index contributed by atoms with van der Waals surface area (Å²) in [5, 5.41) is 9.47. The van der Waals surface area contributed by atoms with Crippen molar-refractivity contribution in [2.45, 2.75) is 19.4 Å². The van der Waals surface area contributed by atoms with Gasteiger partial charge in [0.05, 0.1) is 12.4 Å². The van der Waals surface area contributed by atoms with Crippen LogP contribution >= 0.6 is 0 Å². The van der Waals surface area contributed by atoms with Crippen LogP contribution in [0.2, 0.25) is 0 Å². The molecule has 86 valence electrons. The second-order valence-corrected chi connectivity index (χ2v) is 4.48. The lowest BCUT2D eigenvalue weighted by molar-refractivity contribution is -0.146. The first-order valence-electron chi connectivity index (χ1n) is 5.65. The number of ether oxygens (including phenoxy) is 2. The standard InChI is InChI=1S/C12H14O4/c1-2-15-12(14)10-9-7-5-6(13)3-4-8(7)16-11(9)10/h3-4,7,9-11,13H,2,5H2,1H3/t7?,9-,10-,11-/m0/s1. The van der Waals surface area contributed by atoms with Crippen molar-refractivity contribution in [1.29, 1.82) is 0 Å². The fraction of sp³-hybridized carbons (Fsp3) is 0.583. The number of aliphatic hydroxyl groups is 1. The molecule has 4 nitrogen and oxygen atoms in total. The first kappa shape index (κ1) is 9.75. The summed E-state index contributed by atoms with van der Waals surface area (Å²) in [5.41, 5.74) is 0. The van der Waals surface area contributed by atoms with Crippen LogP contribution in [0.5, 0.6) is 0 Å². The number of fused-ring (bicyclic) bond motifs is 3. The molecule has 1 unspecified atom stereocenters. The summed E-state index contributed by atoms with van der Waals surface area (Å²) in [6, 6.07) is 0. The van der Waals surface area contributed by atoms with E-state index in [0.29, 0.717) is 18.8 Å². The number of hydrogen-bond donors (Lipinski definition) is 1. The Labute approximate surface area is 93.5 Å². The average Bonchev–Trinajstić information content (AvgIpc) is 2.85. The molecule has 0 radical (unpaired) electrons. The zero-order chi connectivity index (χ0) is 11.3. The molecule has 0 aromatic rings. The zero-order valence-corrected chi connectivity index (χ0v) is 9.05. The number of allylic oxidation sites excluding steroid dienone is 4. The molecule has 0 amide bonds. The van der Waals surface area contributed by atoms with Gasteiger partial charge in [0.25, 0.3) is 0 Å². The Hall–Kier alpha value is -1.45. The Morgan fingerprint density at radius 3 is 3.19 bits per heavy atom. The van der Waals surface area contributed by atoms with Crippen molar-refractivity contribution >= 4 is 5.97 Å². The van der Waals surface area contributed by atoms with Gasteiger partial charge < -0.3 is 14.6 Å². The number of esters is 1. The SMILES string of the molecule is CCOC(=O)[C@@H]1[C@H]2OC3=CC=C(O)CC3[C@H]21. The lowest BCUT2D eigenvalue weighted by Gasteiger charge is -2.18. The normalized spacial score (nSPS) is 38.8. The smallest absolute Gasteiger partial charge is 0.313 e. The summed E-state index contributed by atoms with van der Waals surface area (Å²) >= 11 is 0. The molecule has 3 rings (SSSR count). The van der Waals surface area contributed by atoms with Crippen LogP contribution in [0.4, 0.5) is 0 Å². The van der Waals surface area contributed by atoms with E-state index in [1.165, 1.54) is 0 Å². The highest BCUT2D eigenvalue weighted by molar-refractivity contribution is 5.78. The molecule has 0 bridgehead atoms. The molecule has 0 aromatic heterocycles. The Morgan fingerprint density at radius 1 is 1.62 bits per heavy atom. The third-order valence-electron chi connectivity index (χ3n) is 3.54. The van der Waals surface area contributed by atoms with Crippen molar-refractivity contribution in [1.82, 2.24) is 0 Å². The summed E-state index contributed by atoms with van der Waals surface area (Å²) in [5.74, 6) is 1.38. The van der Waals surface area contributed by atoms with Crippen molar-refractivity contribution in [2.24, 2.45) is 17.8 Å². The van der Waals surface area contributed by atoms with Crippen molar-refractivity contribution in [3.8, 4) is 0 Å². The molecular weight excluding hydrogens is 208 g/mol. The minimum Gasteiger partial charge on any atom is -0.512 e. The molecule has 3 aliphatic rings. The van der Waals surface area contributed by atoms with E-state index in [1.54, 1.807) is 19.1 Å². The van der Waals surface area contributed by atoms with Crippen LogP contribution in [-0.4, -0.2) is 23.8 Å². The molecule has 1 saturated carbocycles. The first-order valence-corrected chi connectivity index (χ1v) is 5.65. The second-order valence-electron chi connectivity index (χ2n) is 4.48. The fourth-order valence-corrected chi connectivity index (χ4v) is 2.77. The Balaban J connectivity index is 1.71. The van der Waals surface area contributed by atoms with E-state index < -0.39 is 0 Å². The van der Waals surface area contributed by atoms with E-state index in [-0.39, 0.29) is 29.8 Å². The van der Waals surface area contributed by atoms with E-state index in [4.69, 9.17) is 9.47 Å². The van der Waals surface area contributed by atoms with E-state index in [1.807, 2.05) is 0 Å². The maximum atomic E-state index is 11.6. The molecule has 4 atom stereocenters. The van der Waals surface area contributed by atoms with Crippen molar-refractivity contribution in [3.05, 3.63) is 23.7 Å². The zero-order valence-electron chi connectivity index (χ0n) is 9.05. The second kappa shape index (κ2) is 3.27. The van der Waals surface area contributed by atoms with E-state index >= 15 is 0 Å². The monoisotopic (exact) mass is 222 g/mol. The van der Waals surface area contributed by atoms with Crippen LogP contribution in [0.25, 0.3) is 0 Å². The summed E-state index contributed by atoms with van der Waals surface area (Å²) in [4.78, 5) is 11.6. The van der Waals surface area contributed by atoms with Crippen LogP contribution in [-0.2, 0) is 14.3 Å². The van der Waals surface area contributed by atoms with Crippen LogP contribution in [0.15, 0.2) is 23.7 Å². The van der Waals surface area contributed by atoms with Crippen LogP contribution in [0.1, 0.15) is 13.3 Å². The molecule has 1 heterocycles. The van der Waals surface area contributed by atoms with Gasteiger partial charge >= 0.3 is 5.97 Å². The Bertz CT molecular complexity index is 396. The van der Waals surface area contributed by atoms with Crippen molar-refractivity contribution in [3.63, 3.8) is 0 Å². The van der Waals surface area contributed by atoms with Gasteiger partial charge in [0.2, 0.25) is 0 Å². The molecule has 0 spiro atoms. The lowest BCUT2D eigenvalue weighted by Crippen LogP contribution is -2.17. The van der Waals surface area contributed by atoms with Crippen LogP contribution in [0.3, 0.4) is 0 Å². The quantitative estimate of drug-likeness (QED) is 0.720. The van der Waals surface area contributed by atoms with Gasteiger partial charge in [-0.2, -0.15) is 0 Å². The van der Waals surface area contributed by atoms with Crippen LogP contribution < -0.4 is 0 Å². The highest BCUT2D eigenvalue weighted by Crippen LogP contribution is 2.59. The average molecular weight is 222 g/mol. The lowest BCUT2D eigenvalue weighted by atomic mass is 9.92. The van der Waals surface area contributed by atoms with Crippen molar-refractivity contribution in [2.75, 3.05) is 6.61 Å². The van der Waals surface area contributed by atoms with Crippen molar-refractivity contribution < 1.29 is 19.4 Å². The molecule has 1 aliphatic heterocycles. The van der Waals surface area contributed by atoms with Gasteiger partial charge in [-0.1, -0.05) is 0 Å². The Kier molecular flexibility index (Phi) is 1.99. The minimum atomic E-state index is -0.161. The topological polar surface area (TPSA) is 55.8 Å². The maximum absolute atomic E-state index is 11.6. The predicted octanol–water partition coefficient (Wildman–Crippen LogP) is 1.54. The number of rotatable bonds is 2. The van der Waals surface area contributed by atoms with E-state index in [2.05, 4.69) is 0 Å². The number of carbonyl (C=O) groups excluding carboxylic acids is 1. The van der Waals surface area contributed by atoms with E-state index in [9.17, 15) is 9.90 Å². The van der Waals surface area contributed by atoms with Gasteiger partial charge in [0, 0.05) is 18.3 Å².